The van der Waals surface area contributed by atoms with Crippen molar-refractivity contribution in [2.24, 2.45) is 0 Å². The summed E-state index contributed by atoms with van der Waals surface area (Å²) in [5.41, 5.74) is 2.14. The van der Waals surface area contributed by atoms with Crippen LogP contribution >= 0.6 is 0 Å². The number of methoxy groups -OCH3 is 1. The van der Waals surface area contributed by atoms with E-state index in [0.717, 1.165) is 5.56 Å². The molecule has 0 atom stereocenters. The smallest absolute Gasteiger partial charge is 0.335 e. The second kappa shape index (κ2) is 6.88. The van der Waals surface area contributed by atoms with Crippen LogP contribution in [0, 0.1) is 0 Å². The summed E-state index contributed by atoms with van der Waals surface area (Å²) in [4.78, 5) is 19.7. The molecule has 0 saturated heterocycles. The molecule has 0 aliphatic heterocycles. The number of nitrogens with zero attached hydrogens (tertiary/aromatic N) is 2. The average Bonchev–Trinajstić information content (AvgIpc) is 2.62. The van der Waals surface area contributed by atoms with Gasteiger partial charge in [0.2, 0.25) is 0 Å². The van der Waals surface area contributed by atoms with Gasteiger partial charge in [0.15, 0.2) is 0 Å². The fraction of sp³-hybridized carbons (Fsp3) is 0.0556. The molecule has 2 aromatic carbocycles. The van der Waals surface area contributed by atoms with Crippen molar-refractivity contribution in [3.05, 3.63) is 60.4 Å². The van der Waals surface area contributed by atoms with E-state index in [4.69, 9.17) is 9.84 Å². The summed E-state index contributed by atoms with van der Waals surface area (Å²) in [5.74, 6) is 0.0110. The van der Waals surface area contributed by atoms with Gasteiger partial charge in [0.25, 0.3) is 0 Å². The quantitative estimate of drug-likeness (QED) is 0.656. The first kappa shape index (κ1) is 16.3. The topological polar surface area (TPSA) is 105 Å². The van der Waals surface area contributed by atoms with Crippen molar-refractivity contribution in [2.75, 3.05) is 12.4 Å². The SMILES string of the molecule is COc1cc(C(=O)O)ccc1Nc1cncc(-c2ccc(O)cc2)n1. The lowest BCUT2D eigenvalue weighted by atomic mass is 10.1. The van der Waals surface area contributed by atoms with E-state index in [1.165, 1.54) is 19.2 Å². The van der Waals surface area contributed by atoms with Gasteiger partial charge in [-0.05, 0) is 42.5 Å². The van der Waals surface area contributed by atoms with Crippen LogP contribution in [-0.2, 0) is 0 Å². The van der Waals surface area contributed by atoms with Crippen molar-refractivity contribution in [3.63, 3.8) is 0 Å². The first-order chi connectivity index (χ1) is 12.1. The van der Waals surface area contributed by atoms with Crippen molar-refractivity contribution in [2.45, 2.75) is 0 Å². The minimum atomic E-state index is -1.03. The number of hydrogen-bond acceptors (Lipinski definition) is 6. The third-order valence-corrected chi connectivity index (χ3v) is 3.51. The van der Waals surface area contributed by atoms with Crippen LogP contribution in [0.5, 0.6) is 11.5 Å². The number of aromatic carboxylic acids is 1. The average molecular weight is 337 g/mol. The van der Waals surface area contributed by atoms with Gasteiger partial charge in [0.05, 0.1) is 36.4 Å². The Bertz CT molecular complexity index is 910. The number of carboxylic acids is 1. The Kier molecular flexibility index (Phi) is 4.47. The van der Waals surface area contributed by atoms with E-state index in [2.05, 4.69) is 15.3 Å². The largest absolute Gasteiger partial charge is 0.508 e. The van der Waals surface area contributed by atoms with Gasteiger partial charge in [0.1, 0.15) is 17.3 Å². The Hall–Kier alpha value is -3.61. The molecule has 0 radical (unpaired) electrons. The number of benzene rings is 2. The molecule has 3 N–H and O–H groups in total. The standard InChI is InChI=1S/C18H15N3O4/c1-25-16-8-12(18(23)24)4-7-14(16)20-17-10-19-9-15(21-17)11-2-5-13(22)6-3-11/h2-10,22H,1H3,(H,20,21)(H,23,24). The third kappa shape index (κ3) is 3.66. The fourth-order valence-electron chi connectivity index (χ4n) is 2.26. The maximum Gasteiger partial charge on any atom is 0.335 e. The molecular weight excluding hydrogens is 322 g/mol. The molecule has 0 unspecified atom stereocenters. The summed E-state index contributed by atoms with van der Waals surface area (Å²) in [6, 6.07) is 11.1. The van der Waals surface area contributed by atoms with Crippen LogP contribution in [-0.4, -0.2) is 33.3 Å². The number of carbonyl (C=O) groups is 1. The van der Waals surface area contributed by atoms with Crippen LogP contribution in [0.1, 0.15) is 10.4 Å². The second-order valence-electron chi connectivity index (χ2n) is 5.18. The molecule has 3 rings (SSSR count). The molecule has 0 aliphatic carbocycles. The summed E-state index contributed by atoms with van der Waals surface area (Å²) >= 11 is 0. The number of rotatable bonds is 5. The molecule has 126 valence electrons. The van der Waals surface area contributed by atoms with Crippen molar-refractivity contribution >= 4 is 17.5 Å². The zero-order valence-electron chi connectivity index (χ0n) is 13.3. The molecule has 0 aliphatic rings. The predicted octanol–water partition coefficient (Wildman–Crippen LogP) is 3.30. The highest BCUT2D eigenvalue weighted by atomic mass is 16.5. The van der Waals surface area contributed by atoms with Gasteiger partial charge < -0.3 is 20.3 Å². The normalized spacial score (nSPS) is 10.3. The zero-order chi connectivity index (χ0) is 17.8. The van der Waals surface area contributed by atoms with Crippen LogP contribution in [0.15, 0.2) is 54.9 Å². The second-order valence-corrected chi connectivity index (χ2v) is 5.18. The molecule has 25 heavy (non-hydrogen) atoms. The molecule has 3 aromatic rings. The van der Waals surface area contributed by atoms with Crippen LogP contribution in [0.4, 0.5) is 11.5 Å². The maximum absolute atomic E-state index is 11.0. The van der Waals surface area contributed by atoms with E-state index in [1.54, 1.807) is 42.7 Å². The first-order valence-electron chi connectivity index (χ1n) is 7.36. The monoisotopic (exact) mass is 337 g/mol. The Labute approximate surface area is 143 Å². The minimum absolute atomic E-state index is 0.131. The summed E-state index contributed by atoms with van der Waals surface area (Å²) in [6.07, 6.45) is 3.16. The Morgan fingerprint density at radius 1 is 1.12 bits per heavy atom. The molecule has 7 heteroatoms. The molecule has 7 nitrogen and oxygen atoms in total. The highest BCUT2D eigenvalue weighted by Crippen LogP contribution is 2.29. The number of aromatic hydroxyl groups is 1. The number of ether oxygens (including phenoxy) is 1. The van der Waals surface area contributed by atoms with E-state index >= 15 is 0 Å². The highest BCUT2D eigenvalue weighted by Gasteiger charge is 2.10. The van der Waals surface area contributed by atoms with Gasteiger partial charge >= 0.3 is 5.97 Å². The van der Waals surface area contributed by atoms with Crippen molar-refractivity contribution in [1.29, 1.82) is 0 Å². The number of phenols is 1. The third-order valence-electron chi connectivity index (χ3n) is 3.51. The van der Waals surface area contributed by atoms with Gasteiger partial charge in [-0.15, -0.1) is 0 Å². The van der Waals surface area contributed by atoms with Gasteiger partial charge in [-0.1, -0.05) is 0 Å². The number of hydrogen-bond donors (Lipinski definition) is 3. The summed E-state index contributed by atoms with van der Waals surface area (Å²) in [6.45, 7) is 0. The van der Waals surface area contributed by atoms with Crippen LogP contribution in [0.3, 0.4) is 0 Å². The first-order valence-corrected chi connectivity index (χ1v) is 7.36. The minimum Gasteiger partial charge on any atom is -0.508 e. The Balaban J connectivity index is 1.90. The maximum atomic E-state index is 11.0. The van der Waals surface area contributed by atoms with Gasteiger partial charge in [-0.25, -0.2) is 9.78 Å². The summed E-state index contributed by atoms with van der Waals surface area (Å²) in [5, 5.41) is 21.5. The number of carboxylic acid groups (broad SMARTS) is 1. The molecule has 1 aromatic heterocycles. The lowest BCUT2D eigenvalue weighted by Gasteiger charge is -2.12. The lowest BCUT2D eigenvalue weighted by Crippen LogP contribution is -2.01. The van der Waals surface area contributed by atoms with E-state index in [1.807, 2.05) is 0 Å². The summed E-state index contributed by atoms with van der Waals surface area (Å²) < 4.78 is 5.23. The lowest BCUT2D eigenvalue weighted by molar-refractivity contribution is 0.0696. The van der Waals surface area contributed by atoms with E-state index in [0.29, 0.717) is 22.9 Å². The Morgan fingerprint density at radius 2 is 1.88 bits per heavy atom. The highest BCUT2D eigenvalue weighted by molar-refractivity contribution is 5.89. The molecule has 0 bridgehead atoms. The van der Waals surface area contributed by atoms with Crippen LogP contribution < -0.4 is 10.1 Å². The van der Waals surface area contributed by atoms with Gasteiger partial charge in [-0.3, -0.25) is 4.98 Å². The Morgan fingerprint density at radius 3 is 2.56 bits per heavy atom. The van der Waals surface area contributed by atoms with E-state index in [9.17, 15) is 9.90 Å². The predicted molar refractivity (Wildman–Crippen MR) is 92.4 cm³/mol. The number of phenolic OH excluding ortho intramolecular Hbond substituents is 1. The van der Waals surface area contributed by atoms with Gasteiger partial charge in [0, 0.05) is 5.56 Å². The molecule has 0 spiro atoms. The molecule has 0 amide bonds. The molecule has 0 saturated carbocycles. The van der Waals surface area contributed by atoms with Crippen LogP contribution in [0.2, 0.25) is 0 Å². The molecule has 0 fully saturated rings. The molecular formula is C18H15N3O4. The van der Waals surface area contributed by atoms with Crippen molar-refractivity contribution < 1.29 is 19.7 Å². The molecule has 1 heterocycles. The van der Waals surface area contributed by atoms with E-state index < -0.39 is 5.97 Å². The van der Waals surface area contributed by atoms with Crippen LogP contribution in [0.25, 0.3) is 11.3 Å². The zero-order valence-corrected chi connectivity index (χ0v) is 13.3. The van der Waals surface area contributed by atoms with Crippen molar-refractivity contribution in [3.8, 4) is 22.8 Å². The summed E-state index contributed by atoms with van der Waals surface area (Å²) in [7, 11) is 1.46. The van der Waals surface area contributed by atoms with E-state index in [-0.39, 0.29) is 11.3 Å². The van der Waals surface area contributed by atoms with Gasteiger partial charge in [-0.2, -0.15) is 0 Å². The fourth-order valence-corrected chi connectivity index (χ4v) is 2.26. The number of aromatic nitrogens is 2. The van der Waals surface area contributed by atoms with Crippen molar-refractivity contribution in [1.82, 2.24) is 9.97 Å². The number of nitrogens with one attached hydrogen (secondary N) is 1. The number of anilines is 2.